The van der Waals surface area contributed by atoms with Crippen molar-refractivity contribution in [1.29, 1.82) is 0 Å². The van der Waals surface area contributed by atoms with Crippen molar-refractivity contribution in [1.82, 2.24) is 0 Å². The summed E-state index contributed by atoms with van der Waals surface area (Å²) in [5.41, 5.74) is 2.45. The van der Waals surface area contributed by atoms with Crippen LogP contribution in [0.4, 0.5) is 5.69 Å². The Bertz CT molecular complexity index is 711. The smallest absolute Gasteiger partial charge is 0.261 e. The van der Waals surface area contributed by atoms with Gasteiger partial charge in [-0.3, -0.25) is 4.72 Å². The fourth-order valence-corrected chi connectivity index (χ4v) is 2.97. The monoisotopic (exact) mass is 295 g/mol. The molecular weight excluding hydrogens is 282 g/mol. The van der Waals surface area contributed by atoms with E-state index in [1.165, 1.54) is 0 Å². The molecule has 0 bridgehead atoms. The van der Waals surface area contributed by atoms with Crippen LogP contribution >= 0.6 is 11.6 Å². The van der Waals surface area contributed by atoms with Crippen LogP contribution in [0.5, 0.6) is 0 Å². The highest BCUT2D eigenvalue weighted by Crippen LogP contribution is 2.20. The maximum atomic E-state index is 12.2. The van der Waals surface area contributed by atoms with Gasteiger partial charge in [0.1, 0.15) is 0 Å². The van der Waals surface area contributed by atoms with Crippen molar-refractivity contribution in [2.75, 3.05) is 4.72 Å². The van der Waals surface area contributed by atoms with Crippen LogP contribution in [0.3, 0.4) is 0 Å². The molecule has 0 aromatic heterocycles. The number of sulfonamides is 1. The highest BCUT2D eigenvalue weighted by molar-refractivity contribution is 7.92. The molecule has 0 aliphatic heterocycles. The Balaban J connectivity index is 2.35. The number of rotatable bonds is 3. The molecule has 2 aromatic carbocycles. The second-order valence-corrected chi connectivity index (χ2v) is 6.48. The van der Waals surface area contributed by atoms with Crippen molar-refractivity contribution in [3.63, 3.8) is 0 Å². The van der Waals surface area contributed by atoms with E-state index in [0.29, 0.717) is 10.7 Å². The third kappa shape index (κ3) is 3.28. The lowest BCUT2D eigenvalue weighted by Gasteiger charge is -2.09. The Morgan fingerprint density at radius 1 is 1.00 bits per heavy atom. The van der Waals surface area contributed by atoms with Crippen LogP contribution in [0, 0.1) is 13.8 Å². The fourth-order valence-electron chi connectivity index (χ4n) is 1.65. The molecular formula is C14H14ClNO2S. The summed E-state index contributed by atoms with van der Waals surface area (Å²) in [6.07, 6.45) is 0. The maximum Gasteiger partial charge on any atom is 0.261 e. The SMILES string of the molecule is Cc1ccc(S(=O)(=O)Nc2cccc(Cl)c2)cc1C. The summed E-state index contributed by atoms with van der Waals surface area (Å²) >= 11 is 5.83. The van der Waals surface area contributed by atoms with Gasteiger partial charge in [0.15, 0.2) is 0 Å². The van der Waals surface area contributed by atoms with Crippen molar-refractivity contribution in [2.24, 2.45) is 0 Å². The van der Waals surface area contributed by atoms with Gasteiger partial charge in [0.05, 0.1) is 10.6 Å². The predicted octanol–water partition coefficient (Wildman–Crippen LogP) is 3.76. The number of benzene rings is 2. The number of anilines is 1. The zero-order valence-electron chi connectivity index (χ0n) is 10.6. The summed E-state index contributed by atoms with van der Waals surface area (Å²) in [5.74, 6) is 0. The molecule has 0 spiro atoms. The van der Waals surface area contributed by atoms with Crippen LogP contribution in [0.15, 0.2) is 47.4 Å². The van der Waals surface area contributed by atoms with Gasteiger partial charge in [-0.15, -0.1) is 0 Å². The molecule has 100 valence electrons. The van der Waals surface area contributed by atoms with Crippen LogP contribution in [0.25, 0.3) is 0 Å². The molecule has 5 heteroatoms. The first-order valence-electron chi connectivity index (χ1n) is 5.74. The van der Waals surface area contributed by atoms with E-state index in [1.54, 1.807) is 42.5 Å². The summed E-state index contributed by atoms with van der Waals surface area (Å²) in [4.78, 5) is 0.246. The summed E-state index contributed by atoms with van der Waals surface area (Å²) in [5, 5.41) is 0.486. The van der Waals surface area contributed by atoms with Crippen molar-refractivity contribution < 1.29 is 8.42 Å². The molecule has 0 saturated carbocycles. The Morgan fingerprint density at radius 3 is 2.37 bits per heavy atom. The van der Waals surface area contributed by atoms with E-state index in [4.69, 9.17) is 11.6 Å². The van der Waals surface area contributed by atoms with E-state index in [1.807, 2.05) is 13.8 Å². The number of hydrogen-bond acceptors (Lipinski definition) is 2. The Kier molecular flexibility index (Phi) is 3.83. The number of aryl methyl sites for hydroxylation is 2. The Hall–Kier alpha value is -1.52. The van der Waals surface area contributed by atoms with E-state index in [0.717, 1.165) is 11.1 Å². The minimum atomic E-state index is -3.58. The highest BCUT2D eigenvalue weighted by Gasteiger charge is 2.14. The van der Waals surface area contributed by atoms with Crippen LogP contribution in [0.2, 0.25) is 5.02 Å². The topological polar surface area (TPSA) is 46.2 Å². The lowest BCUT2D eigenvalue weighted by atomic mass is 10.1. The Labute approximate surface area is 118 Å². The zero-order chi connectivity index (χ0) is 14.0. The molecule has 3 nitrogen and oxygen atoms in total. The van der Waals surface area contributed by atoms with Gasteiger partial charge in [0, 0.05) is 5.02 Å². The summed E-state index contributed by atoms with van der Waals surface area (Å²) in [6.45, 7) is 3.82. The molecule has 0 aliphatic carbocycles. The second-order valence-electron chi connectivity index (χ2n) is 4.36. The van der Waals surface area contributed by atoms with Gasteiger partial charge in [-0.05, 0) is 55.3 Å². The lowest BCUT2D eigenvalue weighted by molar-refractivity contribution is 0.601. The first kappa shape index (κ1) is 13.9. The van der Waals surface area contributed by atoms with Gasteiger partial charge in [0.2, 0.25) is 0 Å². The van der Waals surface area contributed by atoms with Crippen molar-refractivity contribution >= 4 is 27.3 Å². The van der Waals surface area contributed by atoms with Crippen molar-refractivity contribution in [2.45, 2.75) is 18.7 Å². The number of hydrogen-bond donors (Lipinski definition) is 1. The molecule has 1 N–H and O–H groups in total. The molecule has 0 aliphatic rings. The Morgan fingerprint density at radius 2 is 1.74 bits per heavy atom. The van der Waals surface area contributed by atoms with Gasteiger partial charge >= 0.3 is 0 Å². The van der Waals surface area contributed by atoms with Crippen LogP contribution < -0.4 is 4.72 Å². The minimum Gasteiger partial charge on any atom is -0.280 e. The molecule has 0 fully saturated rings. The standard InChI is InChI=1S/C14H14ClNO2S/c1-10-6-7-14(8-11(10)2)19(17,18)16-13-5-3-4-12(15)9-13/h3-9,16H,1-2H3. The van der Waals surface area contributed by atoms with E-state index in [2.05, 4.69) is 4.72 Å². The summed E-state index contributed by atoms with van der Waals surface area (Å²) in [7, 11) is -3.58. The largest absolute Gasteiger partial charge is 0.280 e. The molecule has 0 unspecified atom stereocenters. The van der Waals surface area contributed by atoms with Gasteiger partial charge in [-0.1, -0.05) is 23.7 Å². The first-order chi connectivity index (χ1) is 8.88. The average molecular weight is 296 g/mol. The van der Waals surface area contributed by atoms with Crippen LogP contribution in [0.1, 0.15) is 11.1 Å². The fraction of sp³-hybridized carbons (Fsp3) is 0.143. The zero-order valence-corrected chi connectivity index (χ0v) is 12.2. The first-order valence-corrected chi connectivity index (χ1v) is 7.60. The van der Waals surface area contributed by atoms with E-state index < -0.39 is 10.0 Å². The number of halogens is 1. The molecule has 0 saturated heterocycles. The van der Waals surface area contributed by atoms with E-state index in [9.17, 15) is 8.42 Å². The van der Waals surface area contributed by atoms with Gasteiger partial charge in [0.25, 0.3) is 10.0 Å². The van der Waals surface area contributed by atoms with Gasteiger partial charge in [-0.25, -0.2) is 8.42 Å². The van der Waals surface area contributed by atoms with Crippen LogP contribution in [-0.2, 0) is 10.0 Å². The van der Waals surface area contributed by atoms with Gasteiger partial charge < -0.3 is 0 Å². The van der Waals surface area contributed by atoms with E-state index >= 15 is 0 Å². The third-order valence-electron chi connectivity index (χ3n) is 2.87. The van der Waals surface area contributed by atoms with Gasteiger partial charge in [-0.2, -0.15) is 0 Å². The third-order valence-corrected chi connectivity index (χ3v) is 4.48. The molecule has 2 aromatic rings. The molecule has 0 atom stereocenters. The normalized spacial score (nSPS) is 11.3. The highest BCUT2D eigenvalue weighted by atomic mass is 35.5. The molecule has 2 rings (SSSR count). The number of nitrogens with one attached hydrogen (secondary N) is 1. The van der Waals surface area contributed by atoms with E-state index in [-0.39, 0.29) is 4.90 Å². The quantitative estimate of drug-likeness (QED) is 0.937. The average Bonchev–Trinajstić information content (AvgIpc) is 2.32. The van der Waals surface area contributed by atoms with Crippen molar-refractivity contribution in [3.8, 4) is 0 Å². The summed E-state index contributed by atoms with van der Waals surface area (Å²) < 4.78 is 27.0. The van der Waals surface area contributed by atoms with Crippen molar-refractivity contribution in [3.05, 3.63) is 58.6 Å². The minimum absolute atomic E-state index is 0.246. The molecule has 0 heterocycles. The molecule has 0 radical (unpaired) electrons. The predicted molar refractivity (Wildman–Crippen MR) is 78.2 cm³/mol. The summed E-state index contributed by atoms with van der Waals surface area (Å²) in [6, 6.07) is 11.7. The molecule has 19 heavy (non-hydrogen) atoms. The molecule has 0 amide bonds. The maximum absolute atomic E-state index is 12.2. The second kappa shape index (κ2) is 5.23. The lowest BCUT2D eigenvalue weighted by Crippen LogP contribution is -2.13. The van der Waals surface area contributed by atoms with Crippen LogP contribution in [-0.4, -0.2) is 8.42 Å².